The van der Waals surface area contributed by atoms with Crippen LogP contribution >= 0.6 is 0 Å². The number of oxime groups is 1. The predicted octanol–water partition coefficient (Wildman–Crippen LogP) is 1.88. The van der Waals surface area contributed by atoms with E-state index in [1.54, 1.807) is 13.0 Å². The maximum absolute atomic E-state index is 11.4. The summed E-state index contributed by atoms with van der Waals surface area (Å²) in [6.45, 7) is 1.66. The number of furan rings is 1. The predicted molar refractivity (Wildman–Crippen MR) is 59.5 cm³/mol. The summed E-state index contributed by atoms with van der Waals surface area (Å²) in [5, 5.41) is 3.62. The molecule has 0 saturated carbocycles. The first-order valence-electron chi connectivity index (χ1n) is 4.90. The lowest BCUT2D eigenvalue weighted by Crippen LogP contribution is -2.07. The van der Waals surface area contributed by atoms with Crippen LogP contribution in [0.15, 0.2) is 51.8 Å². The van der Waals surface area contributed by atoms with Gasteiger partial charge in [-0.3, -0.25) is 4.79 Å². The Balaban J connectivity index is 2.05. The molecule has 17 heavy (non-hydrogen) atoms. The van der Waals surface area contributed by atoms with E-state index in [0.717, 1.165) is 0 Å². The highest BCUT2D eigenvalue weighted by Gasteiger charge is 2.11. The fourth-order valence-electron chi connectivity index (χ4n) is 1.22. The van der Waals surface area contributed by atoms with E-state index in [1.807, 2.05) is 0 Å². The first-order valence-corrected chi connectivity index (χ1v) is 4.90. The third-order valence-electron chi connectivity index (χ3n) is 2.11. The van der Waals surface area contributed by atoms with E-state index in [1.165, 1.54) is 30.6 Å². The summed E-state index contributed by atoms with van der Waals surface area (Å²) in [7, 11) is 0. The minimum Gasteiger partial charge on any atom is -0.457 e. The molecule has 0 amide bonds. The number of nitrogens with zero attached hydrogens (tertiary/aromatic N) is 1. The molecule has 0 fully saturated rings. The lowest BCUT2D eigenvalue weighted by molar-refractivity contribution is -0.111. The van der Waals surface area contributed by atoms with E-state index in [0.29, 0.717) is 11.3 Å². The van der Waals surface area contributed by atoms with Gasteiger partial charge in [-0.05, 0) is 42.9 Å². The maximum atomic E-state index is 11.4. The number of carbonyl (C=O) groups is 2. The SMILES string of the molecule is CC1=C/C(=N\OC(=O)c2ccco2)C=CC1=O. The third-order valence-corrected chi connectivity index (χ3v) is 2.11. The average Bonchev–Trinajstić information content (AvgIpc) is 2.84. The Morgan fingerprint density at radius 3 is 2.88 bits per heavy atom. The molecule has 1 heterocycles. The Morgan fingerprint density at radius 1 is 1.41 bits per heavy atom. The molecule has 0 N–H and O–H groups in total. The Bertz CT molecular complexity index is 535. The van der Waals surface area contributed by atoms with Crippen LogP contribution in [0.2, 0.25) is 0 Å². The van der Waals surface area contributed by atoms with Gasteiger partial charge in [-0.15, -0.1) is 0 Å². The zero-order chi connectivity index (χ0) is 12.3. The van der Waals surface area contributed by atoms with Gasteiger partial charge in [0.1, 0.15) is 5.71 Å². The minimum atomic E-state index is -0.682. The number of hydrogen-bond acceptors (Lipinski definition) is 5. The van der Waals surface area contributed by atoms with E-state index in [2.05, 4.69) is 9.99 Å². The van der Waals surface area contributed by atoms with Gasteiger partial charge in [0.25, 0.3) is 0 Å². The van der Waals surface area contributed by atoms with E-state index in [-0.39, 0.29) is 11.5 Å². The summed E-state index contributed by atoms with van der Waals surface area (Å²) in [5.41, 5.74) is 0.947. The molecule has 1 aromatic heterocycles. The third kappa shape index (κ3) is 2.57. The molecule has 0 aromatic carbocycles. The van der Waals surface area contributed by atoms with Gasteiger partial charge >= 0.3 is 5.97 Å². The molecular weight excluding hydrogens is 222 g/mol. The second-order valence-corrected chi connectivity index (χ2v) is 3.40. The molecule has 5 heteroatoms. The molecule has 1 aliphatic rings. The molecule has 0 spiro atoms. The minimum absolute atomic E-state index is 0.0749. The van der Waals surface area contributed by atoms with Crippen LogP contribution in [-0.2, 0) is 9.63 Å². The monoisotopic (exact) mass is 231 g/mol. The molecule has 86 valence electrons. The van der Waals surface area contributed by atoms with E-state index in [4.69, 9.17) is 4.42 Å². The van der Waals surface area contributed by atoms with Crippen LogP contribution in [0, 0.1) is 0 Å². The van der Waals surface area contributed by atoms with Crippen LogP contribution in [-0.4, -0.2) is 17.5 Å². The fraction of sp³-hybridized carbons (Fsp3) is 0.0833. The van der Waals surface area contributed by atoms with Crippen molar-refractivity contribution in [3.05, 3.63) is 48.0 Å². The van der Waals surface area contributed by atoms with Gasteiger partial charge in [0.05, 0.1) is 6.26 Å². The van der Waals surface area contributed by atoms with Crippen LogP contribution in [0.5, 0.6) is 0 Å². The normalized spacial score (nSPS) is 17.1. The summed E-state index contributed by atoms with van der Waals surface area (Å²) < 4.78 is 4.84. The number of ketones is 1. The summed E-state index contributed by atoms with van der Waals surface area (Å²) in [5.74, 6) is -0.689. The Hall–Kier alpha value is -2.43. The Kier molecular flexibility index (Phi) is 3.00. The van der Waals surface area contributed by atoms with Gasteiger partial charge in [-0.2, -0.15) is 0 Å². The van der Waals surface area contributed by atoms with E-state index in [9.17, 15) is 9.59 Å². The lowest BCUT2D eigenvalue weighted by Gasteiger charge is -2.02. The second kappa shape index (κ2) is 4.61. The molecule has 0 aliphatic heterocycles. The zero-order valence-corrected chi connectivity index (χ0v) is 9.04. The summed E-state index contributed by atoms with van der Waals surface area (Å²) in [4.78, 5) is 27.1. The molecule has 1 aliphatic carbocycles. The molecular formula is C12H9NO4. The van der Waals surface area contributed by atoms with Gasteiger partial charge < -0.3 is 9.25 Å². The molecule has 0 atom stereocenters. The Morgan fingerprint density at radius 2 is 2.24 bits per heavy atom. The Labute approximate surface area is 97.0 Å². The molecule has 0 saturated heterocycles. The fourth-order valence-corrected chi connectivity index (χ4v) is 1.22. The highest BCUT2D eigenvalue weighted by Crippen LogP contribution is 2.07. The largest absolute Gasteiger partial charge is 0.457 e. The number of hydrogen-bond donors (Lipinski definition) is 0. The van der Waals surface area contributed by atoms with Crippen molar-refractivity contribution >= 4 is 17.5 Å². The van der Waals surface area contributed by atoms with Crippen molar-refractivity contribution in [1.29, 1.82) is 0 Å². The van der Waals surface area contributed by atoms with Gasteiger partial charge in [0.15, 0.2) is 5.78 Å². The summed E-state index contributed by atoms with van der Waals surface area (Å²) in [6.07, 6.45) is 5.75. The number of allylic oxidation sites excluding steroid dienone is 4. The highest BCUT2D eigenvalue weighted by atomic mass is 16.7. The topological polar surface area (TPSA) is 68.9 Å². The van der Waals surface area contributed by atoms with Gasteiger partial charge in [0, 0.05) is 0 Å². The molecule has 5 nitrogen and oxygen atoms in total. The van der Waals surface area contributed by atoms with Gasteiger partial charge in [0.2, 0.25) is 5.76 Å². The van der Waals surface area contributed by atoms with Crippen molar-refractivity contribution in [3.63, 3.8) is 0 Å². The average molecular weight is 231 g/mol. The number of rotatable bonds is 2. The van der Waals surface area contributed by atoms with Crippen molar-refractivity contribution in [1.82, 2.24) is 0 Å². The summed E-state index contributed by atoms with van der Waals surface area (Å²) in [6, 6.07) is 3.05. The maximum Gasteiger partial charge on any atom is 0.400 e. The molecule has 0 radical (unpaired) electrons. The van der Waals surface area contributed by atoms with Crippen molar-refractivity contribution in [2.24, 2.45) is 5.16 Å². The van der Waals surface area contributed by atoms with E-state index >= 15 is 0 Å². The van der Waals surface area contributed by atoms with Gasteiger partial charge in [-0.25, -0.2) is 4.79 Å². The van der Waals surface area contributed by atoms with Crippen molar-refractivity contribution in [2.75, 3.05) is 0 Å². The second-order valence-electron chi connectivity index (χ2n) is 3.40. The van der Waals surface area contributed by atoms with Crippen LogP contribution in [0.3, 0.4) is 0 Å². The lowest BCUT2D eigenvalue weighted by atomic mass is 10.1. The van der Waals surface area contributed by atoms with Crippen molar-refractivity contribution in [3.8, 4) is 0 Å². The standard InChI is InChI=1S/C12H9NO4/c1-8-7-9(4-5-10(8)14)13-17-12(15)11-3-2-6-16-11/h2-7H,1H3/b13-9-. The van der Waals surface area contributed by atoms with Crippen LogP contribution in [0.4, 0.5) is 0 Å². The molecule has 0 unspecified atom stereocenters. The van der Waals surface area contributed by atoms with Crippen LogP contribution < -0.4 is 0 Å². The summed E-state index contributed by atoms with van der Waals surface area (Å²) >= 11 is 0. The van der Waals surface area contributed by atoms with Crippen molar-refractivity contribution in [2.45, 2.75) is 6.92 Å². The highest BCUT2D eigenvalue weighted by molar-refractivity contribution is 6.18. The first kappa shape index (κ1) is 11.1. The van der Waals surface area contributed by atoms with Crippen LogP contribution in [0.1, 0.15) is 17.5 Å². The smallest absolute Gasteiger partial charge is 0.400 e. The van der Waals surface area contributed by atoms with Gasteiger partial charge in [-0.1, -0.05) is 5.16 Å². The number of carbonyl (C=O) groups excluding carboxylic acids is 2. The zero-order valence-electron chi connectivity index (χ0n) is 9.04. The van der Waals surface area contributed by atoms with Crippen molar-refractivity contribution < 1.29 is 18.8 Å². The van der Waals surface area contributed by atoms with Crippen LogP contribution in [0.25, 0.3) is 0 Å². The first-order chi connectivity index (χ1) is 8.16. The molecule has 2 rings (SSSR count). The van der Waals surface area contributed by atoms with E-state index < -0.39 is 5.97 Å². The molecule has 0 bridgehead atoms. The quantitative estimate of drug-likeness (QED) is 0.442. The molecule has 1 aromatic rings.